The van der Waals surface area contributed by atoms with Crippen molar-refractivity contribution in [2.45, 2.75) is 77.3 Å². The van der Waals surface area contributed by atoms with E-state index in [4.69, 9.17) is 0 Å². The maximum atomic E-state index is 3.74. The third-order valence-corrected chi connectivity index (χ3v) is 5.97. The van der Waals surface area contributed by atoms with Crippen LogP contribution >= 0.6 is 0 Å². The van der Waals surface area contributed by atoms with E-state index in [1.54, 1.807) is 12.8 Å². The molecule has 1 heterocycles. The molecule has 2 aliphatic carbocycles. The maximum absolute atomic E-state index is 3.74. The van der Waals surface area contributed by atoms with Gasteiger partial charge in [0, 0.05) is 24.7 Å². The molecule has 0 spiro atoms. The van der Waals surface area contributed by atoms with E-state index in [0.717, 1.165) is 23.8 Å². The van der Waals surface area contributed by atoms with Crippen LogP contribution in [0.1, 0.15) is 65.7 Å². The van der Waals surface area contributed by atoms with Gasteiger partial charge in [-0.1, -0.05) is 12.8 Å². The van der Waals surface area contributed by atoms with Crippen LogP contribution in [0.15, 0.2) is 0 Å². The minimum Gasteiger partial charge on any atom is -0.311 e. The molecule has 2 nitrogen and oxygen atoms in total. The van der Waals surface area contributed by atoms with Gasteiger partial charge < -0.3 is 5.32 Å². The van der Waals surface area contributed by atoms with Crippen molar-refractivity contribution in [2.24, 2.45) is 17.8 Å². The van der Waals surface area contributed by atoms with Crippen LogP contribution in [0.5, 0.6) is 0 Å². The summed E-state index contributed by atoms with van der Waals surface area (Å²) in [5.41, 5.74) is 0.259. The van der Waals surface area contributed by atoms with Gasteiger partial charge in [0.2, 0.25) is 0 Å². The summed E-state index contributed by atoms with van der Waals surface area (Å²) in [6.07, 6.45) is 10.4. The first-order valence-electron chi connectivity index (χ1n) is 9.00. The minimum absolute atomic E-state index is 0.259. The number of hydrogen-bond acceptors (Lipinski definition) is 2. The van der Waals surface area contributed by atoms with E-state index >= 15 is 0 Å². The Hall–Kier alpha value is -0.0800. The van der Waals surface area contributed by atoms with Crippen molar-refractivity contribution >= 4 is 0 Å². The summed E-state index contributed by atoms with van der Waals surface area (Å²) in [5.74, 6) is 3.21. The van der Waals surface area contributed by atoms with Gasteiger partial charge in [0.15, 0.2) is 0 Å². The molecule has 4 unspecified atom stereocenters. The van der Waals surface area contributed by atoms with Crippen molar-refractivity contribution in [1.82, 2.24) is 10.2 Å². The van der Waals surface area contributed by atoms with E-state index in [9.17, 15) is 0 Å². The Morgan fingerprint density at radius 3 is 2.55 bits per heavy atom. The van der Waals surface area contributed by atoms with Crippen LogP contribution < -0.4 is 5.32 Å². The number of fused-ring (bicyclic) bond motifs is 2. The van der Waals surface area contributed by atoms with Crippen LogP contribution in [0.3, 0.4) is 0 Å². The Balaban J connectivity index is 1.52. The highest BCUT2D eigenvalue weighted by Gasteiger charge is 2.40. The third-order valence-electron chi connectivity index (χ3n) is 5.97. The van der Waals surface area contributed by atoms with E-state index in [1.807, 2.05) is 0 Å². The Labute approximate surface area is 125 Å². The molecule has 0 amide bonds. The predicted molar refractivity (Wildman–Crippen MR) is 85.9 cm³/mol. The summed E-state index contributed by atoms with van der Waals surface area (Å²) >= 11 is 0. The van der Waals surface area contributed by atoms with E-state index < -0.39 is 0 Å². The lowest BCUT2D eigenvalue weighted by Gasteiger charge is -2.40. The monoisotopic (exact) mass is 278 g/mol. The molecule has 3 aliphatic rings. The highest BCUT2D eigenvalue weighted by atomic mass is 15.2. The zero-order valence-corrected chi connectivity index (χ0v) is 13.8. The van der Waals surface area contributed by atoms with Gasteiger partial charge in [-0.3, -0.25) is 4.90 Å². The fourth-order valence-corrected chi connectivity index (χ4v) is 4.86. The maximum Gasteiger partial charge on any atom is 0.0220 e. The molecule has 1 saturated heterocycles. The zero-order valence-electron chi connectivity index (χ0n) is 13.8. The molecule has 3 rings (SSSR count). The first-order valence-corrected chi connectivity index (χ1v) is 9.00. The van der Waals surface area contributed by atoms with Crippen molar-refractivity contribution < 1.29 is 0 Å². The Kier molecular flexibility index (Phi) is 4.42. The van der Waals surface area contributed by atoms with E-state index in [-0.39, 0.29) is 5.54 Å². The molecular formula is C18H34N2. The molecular weight excluding hydrogens is 244 g/mol. The number of nitrogens with one attached hydrogen (secondary N) is 1. The van der Waals surface area contributed by atoms with Gasteiger partial charge in [0.05, 0.1) is 0 Å². The Bertz CT molecular complexity index is 320. The standard InChI is InChI=1S/C18H34N2/c1-18(2,3)19-12-17-6-4-5-9-20(17)13-16-11-14-7-8-15(16)10-14/h14-17,19H,4-13H2,1-3H3. The SMILES string of the molecule is CC(C)(C)NCC1CCCCN1CC1CC2CCC1C2. The fraction of sp³-hybridized carbons (Fsp3) is 1.00. The van der Waals surface area contributed by atoms with Crippen LogP contribution in [0.4, 0.5) is 0 Å². The van der Waals surface area contributed by atoms with Crippen LogP contribution in [-0.2, 0) is 0 Å². The van der Waals surface area contributed by atoms with Crippen LogP contribution in [0.2, 0.25) is 0 Å². The predicted octanol–water partition coefficient (Wildman–Crippen LogP) is 3.67. The molecule has 1 aliphatic heterocycles. The van der Waals surface area contributed by atoms with Crippen molar-refractivity contribution in [3.8, 4) is 0 Å². The lowest BCUT2D eigenvalue weighted by Crippen LogP contribution is -2.51. The normalized spacial score (nSPS) is 38.5. The molecule has 20 heavy (non-hydrogen) atoms. The Morgan fingerprint density at radius 1 is 1.05 bits per heavy atom. The molecule has 0 aromatic carbocycles. The molecule has 0 radical (unpaired) electrons. The average Bonchev–Trinajstić information content (AvgIpc) is 2.99. The van der Waals surface area contributed by atoms with E-state index in [1.165, 1.54) is 51.7 Å². The number of likely N-dealkylation sites (tertiary alicyclic amines) is 1. The summed E-state index contributed by atoms with van der Waals surface area (Å²) in [5, 5.41) is 3.74. The van der Waals surface area contributed by atoms with Gasteiger partial charge in [-0.25, -0.2) is 0 Å². The third kappa shape index (κ3) is 3.57. The van der Waals surface area contributed by atoms with Crippen molar-refractivity contribution in [3.05, 3.63) is 0 Å². The zero-order chi connectivity index (χ0) is 14.2. The second-order valence-electron chi connectivity index (χ2n) is 8.71. The van der Waals surface area contributed by atoms with Gasteiger partial charge in [-0.2, -0.15) is 0 Å². The molecule has 3 fully saturated rings. The summed E-state index contributed by atoms with van der Waals surface area (Å²) in [7, 11) is 0. The quantitative estimate of drug-likeness (QED) is 0.844. The number of piperidine rings is 1. The van der Waals surface area contributed by atoms with Crippen molar-refractivity contribution in [3.63, 3.8) is 0 Å². The van der Waals surface area contributed by atoms with Crippen molar-refractivity contribution in [1.29, 1.82) is 0 Å². The van der Waals surface area contributed by atoms with Crippen LogP contribution in [0.25, 0.3) is 0 Å². The van der Waals surface area contributed by atoms with Gasteiger partial charge in [-0.05, 0) is 77.2 Å². The first kappa shape index (κ1) is 14.8. The molecule has 2 heteroatoms. The summed E-state index contributed by atoms with van der Waals surface area (Å²) in [4.78, 5) is 2.84. The van der Waals surface area contributed by atoms with Crippen LogP contribution in [0, 0.1) is 17.8 Å². The lowest BCUT2D eigenvalue weighted by molar-refractivity contribution is 0.102. The topological polar surface area (TPSA) is 15.3 Å². The molecule has 0 aromatic rings. The molecule has 2 bridgehead atoms. The molecule has 116 valence electrons. The second kappa shape index (κ2) is 5.96. The molecule has 4 atom stereocenters. The smallest absolute Gasteiger partial charge is 0.0220 e. The number of nitrogens with zero attached hydrogens (tertiary/aromatic N) is 1. The summed E-state index contributed by atoms with van der Waals surface area (Å²) < 4.78 is 0. The summed E-state index contributed by atoms with van der Waals surface area (Å²) in [6, 6.07) is 0.794. The lowest BCUT2D eigenvalue weighted by atomic mass is 9.87. The average molecular weight is 278 g/mol. The van der Waals surface area contributed by atoms with E-state index in [2.05, 4.69) is 31.0 Å². The molecule has 2 saturated carbocycles. The molecule has 1 N–H and O–H groups in total. The van der Waals surface area contributed by atoms with E-state index in [0.29, 0.717) is 0 Å². The molecule has 0 aromatic heterocycles. The number of hydrogen-bond donors (Lipinski definition) is 1. The highest BCUT2D eigenvalue weighted by molar-refractivity contribution is 4.93. The largest absolute Gasteiger partial charge is 0.311 e. The first-order chi connectivity index (χ1) is 9.51. The van der Waals surface area contributed by atoms with Gasteiger partial charge in [0.1, 0.15) is 0 Å². The highest BCUT2D eigenvalue weighted by Crippen LogP contribution is 2.48. The number of rotatable bonds is 4. The van der Waals surface area contributed by atoms with Gasteiger partial charge >= 0.3 is 0 Å². The Morgan fingerprint density at radius 2 is 1.90 bits per heavy atom. The van der Waals surface area contributed by atoms with Gasteiger partial charge in [0.25, 0.3) is 0 Å². The minimum atomic E-state index is 0.259. The summed E-state index contributed by atoms with van der Waals surface area (Å²) in [6.45, 7) is 10.8. The second-order valence-corrected chi connectivity index (χ2v) is 8.71. The van der Waals surface area contributed by atoms with Crippen molar-refractivity contribution in [2.75, 3.05) is 19.6 Å². The van der Waals surface area contributed by atoms with Gasteiger partial charge in [-0.15, -0.1) is 0 Å². The fourth-order valence-electron chi connectivity index (χ4n) is 4.86. The van der Waals surface area contributed by atoms with Crippen LogP contribution in [-0.4, -0.2) is 36.1 Å².